The molecule has 0 saturated heterocycles. The number of nitrogens with two attached hydrogens (primary N) is 1. The summed E-state index contributed by atoms with van der Waals surface area (Å²) in [5, 5.41) is 7.44. The number of guanidine groups is 1. The van der Waals surface area contributed by atoms with Crippen molar-refractivity contribution in [2.45, 2.75) is 13.0 Å². The van der Waals surface area contributed by atoms with Gasteiger partial charge < -0.3 is 20.1 Å². The minimum Gasteiger partial charge on any atom is -0.493 e. The second-order valence-electron chi connectivity index (χ2n) is 5.21. The second kappa shape index (κ2) is 8.68. The third kappa shape index (κ3) is 5.54. The fourth-order valence-corrected chi connectivity index (χ4v) is 2.06. The molecule has 0 heterocycles. The number of hydrogen-bond acceptors (Lipinski definition) is 3. The Hall–Kier alpha value is -2.69. The fraction of sp³-hybridized carbons (Fsp3) is 0.278. The van der Waals surface area contributed by atoms with Crippen molar-refractivity contribution >= 4 is 5.96 Å². The zero-order valence-electron chi connectivity index (χ0n) is 13.4. The van der Waals surface area contributed by atoms with Crippen LogP contribution in [0.4, 0.5) is 0 Å². The molecule has 0 aromatic heterocycles. The van der Waals surface area contributed by atoms with Crippen LogP contribution in [0, 0.1) is 5.41 Å². The lowest BCUT2D eigenvalue weighted by Gasteiger charge is -2.19. The highest BCUT2D eigenvalue weighted by Crippen LogP contribution is 2.19. The van der Waals surface area contributed by atoms with E-state index in [1.54, 1.807) is 11.9 Å². The Balaban J connectivity index is 1.78. The molecule has 0 aliphatic heterocycles. The summed E-state index contributed by atoms with van der Waals surface area (Å²) in [7, 11) is 1.78. The molecule has 0 bridgehead atoms. The average molecular weight is 313 g/mol. The van der Waals surface area contributed by atoms with Gasteiger partial charge in [-0.3, -0.25) is 5.41 Å². The Morgan fingerprint density at radius 3 is 2.39 bits per heavy atom. The van der Waals surface area contributed by atoms with Crippen LogP contribution >= 0.6 is 0 Å². The number of nitrogens with zero attached hydrogens (tertiary/aromatic N) is 1. The molecule has 122 valence electrons. The first kappa shape index (κ1) is 16.7. The van der Waals surface area contributed by atoms with Gasteiger partial charge in [-0.15, -0.1) is 0 Å². The van der Waals surface area contributed by atoms with Gasteiger partial charge in [0, 0.05) is 25.6 Å². The monoisotopic (exact) mass is 313 g/mol. The number of nitrogens with one attached hydrogen (secondary N) is 1. The molecule has 2 aromatic carbocycles. The van der Waals surface area contributed by atoms with Gasteiger partial charge in [0.15, 0.2) is 5.96 Å². The summed E-state index contributed by atoms with van der Waals surface area (Å²) in [5.74, 6) is 1.73. The van der Waals surface area contributed by atoms with Gasteiger partial charge in [0.05, 0.1) is 13.2 Å². The molecular formula is C18H23N3O2. The van der Waals surface area contributed by atoms with Crippen LogP contribution in [0.25, 0.3) is 0 Å². The van der Waals surface area contributed by atoms with E-state index in [-0.39, 0.29) is 5.96 Å². The Bertz CT molecular complexity index is 617. The zero-order valence-corrected chi connectivity index (χ0v) is 13.4. The topological polar surface area (TPSA) is 71.6 Å². The van der Waals surface area contributed by atoms with Crippen LogP contribution in [-0.4, -0.2) is 31.1 Å². The standard InChI is InChI=1S/C18H23N3O2/c1-21(18(19)20)14-15-8-5-6-11-17(15)23-13-7-12-22-16-9-3-2-4-10-16/h2-6,8-11H,7,12-14H2,1H3,(H3,19,20). The highest BCUT2D eigenvalue weighted by atomic mass is 16.5. The maximum atomic E-state index is 7.44. The van der Waals surface area contributed by atoms with E-state index in [1.165, 1.54) is 0 Å². The maximum absolute atomic E-state index is 7.44. The van der Waals surface area contributed by atoms with E-state index in [0.717, 1.165) is 23.5 Å². The minimum absolute atomic E-state index is 0.0380. The smallest absolute Gasteiger partial charge is 0.188 e. The van der Waals surface area contributed by atoms with Crippen molar-refractivity contribution < 1.29 is 9.47 Å². The highest BCUT2D eigenvalue weighted by molar-refractivity contribution is 5.74. The van der Waals surface area contributed by atoms with Crippen LogP contribution < -0.4 is 15.2 Å². The molecule has 0 unspecified atom stereocenters. The van der Waals surface area contributed by atoms with Crippen LogP contribution in [0.3, 0.4) is 0 Å². The van der Waals surface area contributed by atoms with E-state index in [0.29, 0.717) is 19.8 Å². The van der Waals surface area contributed by atoms with Crippen LogP contribution in [0.1, 0.15) is 12.0 Å². The van der Waals surface area contributed by atoms with E-state index >= 15 is 0 Å². The van der Waals surface area contributed by atoms with E-state index in [1.807, 2.05) is 54.6 Å². The quantitative estimate of drug-likeness (QED) is 0.446. The number of hydrogen-bond donors (Lipinski definition) is 2. The van der Waals surface area contributed by atoms with Crippen molar-refractivity contribution in [2.24, 2.45) is 5.73 Å². The SMILES string of the molecule is CN(Cc1ccccc1OCCCOc1ccccc1)C(=N)N. The van der Waals surface area contributed by atoms with Gasteiger partial charge in [-0.25, -0.2) is 0 Å². The molecular weight excluding hydrogens is 290 g/mol. The Kier molecular flexibility index (Phi) is 6.29. The van der Waals surface area contributed by atoms with Crippen LogP contribution in [0.5, 0.6) is 11.5 Å². The van der Waals surface area contributed by atoms with Crippen LogP contribution in [0.2, 0.25) is 0 Å². The highest BCUT2D eigenvalue weighted by Gasteiger charge is 2.07. The van der Waals surface area contributed by atoms with Gasteiger partial charge >= 0.3 is 0 Å². The lowest BCUT2D eigenvalue weighted by atomic mass is 10.2. The van der Waals surface area contributed by atoms with Crippen LogP contribution in [0.15, 0.2) is 54.6 Å². The molecule has 3 N–H and O–H groups in total. The average Bonchev–Trinajstić information content (AvgIpc) is 2.57. The first-order chi connectivity index (χ1) is 11.2. The fourth-order valence-electron chi connectivity index (χ4n) is 2.06. The van der Waals surface area contributed by atoms with Crippen molar-refractivity contribution in [3.05, 3.63) is 60.2 Å². The predicted molar refractivity (Wildman–Crippen MR) is 91.9 cm³/mol. The summed E-state index contributed by atoms with van der Waals surface area (Å²) in [5.41, 5.74) is 6.49. The Morgan fingerprint density at radius 1 is 1.00 bits per heavy atom. The molecule has 0 radical (unpaired) electrons. The Labute approximate surface area is 137 Å². The lowest BCUT2D eigenvalue weighted by Crippen LogP contribution is -2.32. The molecule has 2 rings (SSSR count). The number of para-hydroxylation sites is 2. The molecule has 0 saturated carbocycles. The molecule has 23 heavy (non-hydrogen) atoms. The van der Waals surface area contributed by atoms with Crippen LogP contribution in [-0.2, 0) is 6.54 Å². The molecule has 2 aromatic rings. The number of rotatable bonds is 8. The van der Waals surface area contributed by atoms with E-state index in [4.69, 9.17) is 20.6 Å². The van der Waals surface area contributed by atoms with Gasteiger partial charge in [-0.05, 0) is 18.2 Å². The second-order valence-corrected chi connectivity index (χ2v) is 5.21. The lowest BCUT2D eigenvalue weighted by molar-refractivity contribution is 0.245. The van der Waals surface area contributed by atoms with E-state index < -0.39 is 0 Å². The molecule has 0 amide bonds. The minimum atomic E-state index is 0.0380. The van der Waals surface area contributed by atoms with Gasteiger partial charge in [0.1, 0.15) is 11.5 Å². The first-order valence-electron chi connectivity index (χ1n) is 7.60. The summed E-state index contributed by atoms with van der Waals surface area (Å²) in [6, 6.07) is 17.5. The Morgan fingerprint density at radius 2 is 1.65 bits per heavy atom. The summed E-state index contributed by atoms with van der Waals surface area (Å²) in [6.07, 6.45) is 0.797. The first-order valence-corrected chi connectivity index (χ1v) is 7.60. The van der Waals surface area contributed by atoms with Gasteiger partial charge in [0.25, 0.3) is 0 Å². The van der Waals surface area contributed by atoms with Gasteiger partial charge in [-0.1, -0.05) is 36.4 Å². The summed E-state index contributed by atoms with van der Waals surface area (Å²) in [6.45, 7) is 1.74. The molecule has 0 atom stereocenters. The van der Waals surface area contributed by atoms with Crippen molar-refractivity contribution in [3.8, 4) is 11.5 Å². The number of benzene rings is 2. The molecule has 0 aliphatic carbocycles. The van der Waals surface area contributed by atoms with Gasteiger partial charge in [0.2, 0.25) is 0 Å². The molecule has 0 spiro atoms. The maximum Gasteiger partial charge on any atom is 0.188 e. The molecule has 0 aliphatic rings. The van der Waals surface area contributed by atoms with Crippen molar-refractivity contribution in [3.63, 3.8) is 0 Å². The summed E-state index contributed by atoms with van der Waals surface area (Å²) in [4.78, 5) is 1.67. The number of ether oxygens (including phenoxy) is 2. The predicted octanol–water partition coefficient (Wildman–Crippen LogP) is 2.86. The van der Waals surface area contributed by atoms with E-state index in [9.17, 15) is 0 Å². The normalized spacial score (nSPS) is 10.1. The van der Waals surface area contributed by atoms with Crippen molar-refractivity contribution in [1.82, 2.24) is 4.90 Å². The molecule has 5 heteroatoms. The molecule has 5 nitrogen and oxygen atoms in total. The van der Waals surface area contributed by atoms with Gasteiger partial charge in [-0.2, -0.15) is 0 Å². The summed E-state index contributed by atoms with van der Waals surface area (Å²) < 4.78 is 11.5. The zero-order chi connectivity index (χ0) is 16.5. The van der Waals surface area contributed by atoms with E-state index in [2.05, 4.69) is 0 Å². The third-order valence-corrected chi connectivity index (χ3v) is 3.35. The summed E-state index contributed by atoms with van der Waals surface area (Å²) >= 11 is 0. The largest absolute Gasteiger partial charge is 0.493 e. The van der Waals surface area contributed by atoms with Crippen molar-refractivity contribution in [2.75, 3.05) is 20.3 Å². The molecule has 0 fully saturated rings. The van der Waals surface area contributed by atoms with Crippen molar-refractivity contribution in [1.29, 1.82) is 5.41 Å². The third-order valence-electron chi connectivity index (χ3n) is 3.35.